The summed E-state index contributed by atoms with van der Waals surface area (Å²) in [5.74, 6) is 0. The number of hydrogen-bond donors (Lipinski definition) is 0. The predicted octanol–water partition coefficient (Wildman–Crippen LogP) is 2.78. The highest BCUT2D eigenvalue weighted by Crippen LogP contribution is 2.19. The molecule has 84 valence electrons. The molecule has 0 saturated carbocycles. The van der Waals surface area contributed by atoms with Crippen LogP contribution >= 0.6 is 11.6 Å². The van der Waals surface area contributed by atoms with Crippen LogP contribution < -0.4 is 0 Å². The zero-order chi connectivity index (χ0) is 11.8. The number of para-hydroxylation sites is 1. The number of hydrogen-bond acceptors (Lipinski definition) is 3. The molecule has 0 radical (unpaired) electrons. The number of aryl methyl sites for hydroxylation is 1. The van der Waals surface area contributed by atoms with Crippen molar-refractivity contribution < 1.29 is 0 Å². The van der Waals surface area contributed by atoms with Crippen LogP contribution in [0.3, 0.4) is 0 Å². The van der Waals surface area contributed by atoms with Gasteiger partial charge in [-0.15, -0.1) is 0 Å². The van der Waals surface area contributed by atoms with Crippen molar-refractivity contribution in [3.8, 4) is 5.69 Å². The summed E-state index contributed by atoms with van der Waals surface area (Å²) in [6, 6.07) is 9.89. The van der Waals surface area contributed by atoms with Crippen molar-refractivity contribution >= 4 is 22.8 Å². The second-order valence-electron chi connectivity index (χ2n) is 3.70. The molecule has 1 aromatic carbocycles. The molecule has 0 atom stereocenters. The molecule has 2 heterocycles. The summed E-state index contributed by atoms with van der Waals surface area (Å²) in [5.41, 5.74) is 3.30. The third-order valence-electron chi connectivity index (χ3n) is 2.58. The van der Waals surface area contributed by atoms with Crippen molar-refractivity contribution in [3.63, 3.8) is 0 Å². The maximum absolute atomic E-state index is 5.88. The van der Waals surface area contributed by atoms with E-state index in [2.05, 4.69) is 15.0 Å². The number of halogens is 1. The number of benzene rings is 1. The molecule has 3 rings (SSSR count). The van der Waals surface area contributed by atoms with Crippen molar-refractivity contribution in [1.29, 1.82) is 0 Å². The topological polar surface area (TPSA) is 43.6 Å². The van der Waals surface area contributed by atoms with Crippen molar-refractivity contribution in [1.82, 2.24) is 19.5 Å². The second-order valence-corrected chi connectivity index (χ2v) is 4.04. The first-order valence-corrected chi connectivity index (χ1v) is 5.56. The molecule has 0 aliphatic carbocycles. The van der Waals surface area contributed by atoms with Crippen molar-refractivity contribution in [2.24, 2.45) is 0 Å². The van der Waals surface area contributed by atoms with Gasteiger partial charge in [0.2, 0.25) is 5.28 Å². The Hall–Kier alpha value is -1.94. The van der Waals surface area contributed by atoms with E-state index in [1.54, 1.807) is 6.33 Å². The van der Waals surface area contributed by atoms with Gasteiger partial charge in [-0.3, -0.25) is 4.57 Å². The first-order chi connectivity index (χ1) is 8.25. The summed E-state index contributed by atoms with van der Waals surface area (Å²) in [5, 5.41) is 0.243. The molecule has 2 aromatic heterocycles. The number of rotatable bonds is 1. The molecule has 17 heavy (non-hydrogen) atoms. The lowest BCUT2D eigenvalue weighted by Crippen LogP contribution is -1.95. The summed E-state index contributed by atoms with van der Waals surface area (Å²) in [4.78, 5) is 12.6. The summed E-state index contributed by atoms with van der Waals surface area (Å²) < 4.78 is 1.90. The van der Waals surface area contributed by atoms with E-state index in [9.17, 15) is 0 Å². The summed E-state index contributed by atoms with van der Waals surface area (Å²) in [6.45, 7) is 1.87. The van der Waals surface area contributed by atoms with Crippen molar-refractivity contribution in [3.05, 3.63) is 47.6 Å². The molecule has 5 heteroatoms. The molecule has 0 bridgehead atoms. The molecule has 0 spiro atoms. The van der Waals surface area contributed by atoms with Crippen LogP contribution in [0.1, 0.15) is 5.69 Å². The third kappa shape index (κ3) is 1.66. The fourth-order valence-electron chi connectivity index (χ4n) is 1.79. The van der Waals surface area contributed by atoms with E-state index in [-0.39, 0.29) is 5.28 Å². The van der Waals surface area contributed by atoms with Crippen LogP contribution in [0.2, 0.25) is 5.28 Å². The number of nitrogens with zero attached hydrogens (tertiary/aromatic N) is 4. The lowest BCUT2D eigenvalue weighted by molar-refractivity contribution is 1.05. The summed E-state index contributed by atoms with van der Waals surface area (Å²) in [7, 11) is 0. The summed E-state index contributed by atoms with van der Waals surface area (Å²) >= 11 is 5.88. The highest BCUT2D eigenvalue weighted by atomic mass is 35.5. The largest absolute Gasteiger partial charge is 0.283 e. The highest BCUT2D eigenvalue weighted by molar-refractivity contribution is 6.28. The van der Waals surface area contributed by atoms with E-state index in [0.717, 1.165) is 22.5 Å². The molecule has 0 fully saturated rings. The Labute approximate surface area is 103 Å². The first-order valence-electron chi connectivity index (χ1n) is 5.18. The fourth-order valence-corrected chi connectivity index (χ4v) is 1.99. The molecule has 0 aliphatic heterocycles. The molecule has 4 nitrogen and oxygen atoms in total. The number of fused-ring (bicyclic) bond motifs is 1. The minimum atomic E-state index is 0.243. The standard InChI is InChI=1S/C12H9ClN4/c1-8-10-11(16-12(13)15-8)17(7-14-10)9-5-3-2-4-6-9/h2-7H,1H3. The van der Waals surface area contributed by atoms with E-state index < -0.39 is 0 Å². The van der Waals surface area contributed by atoms with Gasteiger partial charge in [-0.2, -0.15) is 4.98 Å². The minimum absolute atomic E-state index is 0.243. The fraction of sp³-hybridized carbons (Fsp3) is 0.0833. The Morgan fingerprint density at radius 2 is 1.88 bits per heavy atom. The molecule has 3 aromatic rings. The monoisotopic (exact) mass is 244 g/mol. The second kappa shape index (κ2) is 3.82. The van der Waals surface area contributed by atoms with Crippen molar-refractivity contribution in [2.45, 2.75) is 6.92 Å². The molecular weight excluding hydrogens is 236 g/mol. The normalized spacial score (nSPS) is 10.9. The molecular formula is C12H9ClN4. The average Bonchev–Trinajstić information content (AvgIpc) is 2.74. The first kappa shape index (κ1) is 10.2. The Morgan fingerprint density at radius 1 is 1.12 bits per heavy atom. The van der Waals surface area contributed by atoms with Crippen LogP contribution in [0.5, 0.6) is 0 Å². The maximum atomic E-state index is 5.88. The Kier molecular flexibility index (Phi) is 2.30. The molecule has 0 N–H and O–H groups in total. The molecule has 0 amide bonds. The molecule has 0 unspecified atom stereocenters. The van der Waals surface area contributed by atoms with Gasteiger partial charge in [-0.1, -0.05) is 18.2 Å². The predicted molar refractivity (Wildman–Crippen MR) is 66.4 cm³/mol. The Bertz CT molecular complexity index is 676. The van der Waals surface area contributed by atoms with Crippen molar-refractivity contribution in [2.75, 3.05) is 0 Å². The van der Waals surface area contributed by atoms with Crippen LogP contribution in [0.15, 0.2) is 36.7 Å². The van der Waals surface area contributed by atoms with Gasteiger partial charge in [0.1, 0.15) is 11.8 Å². The quantitative estimate of drug-likeness (QED) is 0.618. The summed E-state index contributed by atoms with van der Waals surface area (Å²) in [6.07, 6.45) is 1.73. The SMILES string of the molecule is Cc1nc(Cl)nc2c1ncn2-c1ccccc1. The van der Waals surface area contributed by atoms with E-state index in [1.165, 1.54) is 0 Å². The minimum Gasteiger partial charge on any atom is -0.283 e. The van der Waals surface area contributed by atoms with Gasteiger partial charge in [0.15, 0.2) is 5.65 Å². The lowest BCUT2D eigenvalue weighted by Gasteiger charge is -2.03. The van der Waals surface area contributed by atoms with Gasteiger partial charge < -0.3 is 0 Å². The van der Waals surface area contributed by atoms with Gasteiger partial charge in [0, 0.05) is 5.69 Å². The van der Waals surface area contributed by atoms with E-state index in [4.69, 9.17) is 11.6 Å². The lowest BCUT2D eigenvalue weighted by atomic mass is 10.3. The van der Waals surface area contributed by atoms with Gasteiger partial charge in [0.05, 0.1) is 5.69 Å². The van der Waals surface area contributed by atoms with E-state index in [1.807, 2.05) is 41.8 Å². The van der Waals surface area contributed by atoms with Crippen LogP contribution in [0, 0.1) is 6.92 Å². The van der Waals surface area contributed by atoms with Crippen LogP contribution in [-0.4, -0.2) is 19.5 Å². The third-order valence-corrected chi connectivity index (χ3v) is 2.75. The molecule has 0 aliphatic rings. The number of imidazole rings is 1. The van der Waals surface area contributed by atoms with Crippen LogP contribution in [-0.2, 0) is 0 Å². The van der Waals surface area contributed by atoms with E-state index >= 15 is 0 Å². The van der Waals surface area contributed by atoms with Gasteiger partial charge >= 0.3 is 0 Å². The van der Waals surface area contributed by atoms with Crippen LogP contribution in [0.4, 0.5) is 0 Å². The highest BCUT2D eigenvalue weighted by Gasteiger charge is 2.10. The van der Waals surface area contributed by atoms with Gasteiger partial charge in [-0.05, 0) is 30.7 Å². The maximum Gasteiger partial charge on any atom is 0.224 e. The average molecular weight is 245 g/mol. The van der Waals surface area contributed by atoms with Gasteiger partial charge in [-0.25, -0.2) is 9.97 Å². The molecule has 0 saturated heterocycles. The smallest absolute Gasteiger partial charge is 0.224 e. The Balaban J connectivity index is 2.32. The Morgan fingerprint density at radius 3 is 2.65 bits per heavy atom. The van der Waals surface area contributed by atoms with Gasteiger partial charge in [0.25, 0.3) is 0 Å². The zero-order valence-corrected chi connectivity index (χ0v) is 9.89. The number of aromatic nitrogens is 4. The van der Waals surface area contributed by atoms with E-state index in [0.29, 0.717) is 0 Å². The zero-order valence-electron chi connectivity index (χ0n) is 9.13. The van der Waals surface area contributed by atoms with Crippen LogP contribution in [0.25, 0.3) is 16.9 Å².